The molecule has 0 radical (unpaired) electrons. The standard InChI is InChI=1S/C14H11BrF2O/c1-9-6-11(3-2-10(9)8-15)18-12-4-5-13(16)14(17)7-12/h2-7H,8H2,1H3. The monoisotopic (exact) mass is 312 g/mol. The first-order valence-electron chi connectivity index (χ1n) is 5.38. The number of hydrogen-bond acceptors (Lipinski definition) is 1. The molecule has 0 N–H and O–H groups in total. The predicted octanol–water partition coefficient (Wildman–Crippen LogP) is 4.96. The van der Waals surface area contributed by atoms with Gasteiger partial charge in [-0.25, -0.2) is 8.78 Å². The summed E-state index contributed by atoms with van der Waals surface area (Å²) in [5, 5.41) is 0.768. The summed E-state index contributed by atoms with van der Waals surface area (Å²) in [7, 11) is 0. The average Bonchev–Trinajstić information content (AvgIpc) is 2.34. The fourth-order valence-electron chi connectivity index (χ4n) is 1.56. The van der Waals surface area contributed by atoms with Gasteiger partial charge in [-0.15, -0.1) is 0 Å². The third-order valence-electron chi connectivity index (χ3n) is 2.58. The van der Waals surface area contributed by atoms with Crippen LogP contribution in [0.15, 0.2) is 36.4 Å². The minimum Gasteiger partial charge on any atom is -0.457 e. The lowest BCUT2D eigenvalue weighted by molar-refractivity contribution is 0.461. The molecule has 0 aliphatic rings. The molecule has 1 nitrogen and oxygen atoms in total. The molecule has 18 heavy (non-hydrogen) atoms. The summed E-state index contributed by atoms with van der Waals surface area (Å²) in [4.78, 5) is 0. The zero-order chi connectivity index (χ0) is 13.1. The van der Waals surface area contributed by atoms with Gasteiger partial charge in [-0.2, -0.15) is 0 Å². The van der Waals surface area contributed by atoms with E-state index >= 15 is 0 Å². The Morgan fingerprint density at radius 1 is 1.00 bits per heavy atom. The summed E-state index contributed by atoms with van der Waals surface area (Å²) in [6.07, 6.45) is 0. The number of rotatable bonds is 3. The molecule has 2 aromatic carbocycles. The van der Waals surface area contributed by atoms with E-state index in [-0.39, 0.29) is 5.75 Å². The van der Waals surface area contributed by atoms with Crippen molar-refractivity contribution in [3.63, 3.8) is 0 Å². The van der Waals surface area contributed by atoms with Crippen molar-refractivity contribution in [3.8, 4) is 11.5 Å². The van der Waals surface area contributed by atoms with Crippen LogP contribution in [0.3, 0.4) is 0 Å². The molecule has 0 amide bonds. The lowest BCUT2D eigenvalue weighted by Crippen LogP contribution is -1.90. The second kappa shape index (κ2) is 5.48. The Balaban J connectivity index is 2.23. The normalized spacial score (nSPS) is 10.4. The number of hydrogen-bond donors (Lipinski definition) is 0. The molecule has 0 heterocycles. The molecule has 0 aliphatic heterocycles. The fourth-order valence-corrected chi connectivity index (χ4v) is 2.19. The van der Waals surface area contributed by atoms with E-state index in [1.807, 2.05) is 19.1 Å². The van der Waals surface area contributed by atoms with E-state index in [2.05, 4.69) is 15.9 Å². The Morgan fingerprint density at radius 2 is 1.67 bits per heavy atom. The first-order chi connectivity index (χ1) is 8.60. The van der Waals surface area contributed by atoms with E-state index in [9.17, 15) is 8.78 Å². The van der Waals surface area contributed by atoms with Gasteiger partial charge in [0.25, 0.3) is 0 Å². The van der Waals surface area contributed by atoms with Gasteiger partial charge in [0, 0.05) is 11.4 Å². The van der Waals surface area contributed by atoms with Gasteiger partial charge in [0.1, 0.15) is 11.5 Å². The van der Waals surface area contributed by atoms with Gasteiger partial charge in [0.2, 0.25) is 0 Å². The lowest BCUT2D eigenvalue weighted by atomic mass is 10.1. The van der Waals surface area contributed by atoms with Crippen LogP contribution < -0.4 is 4.74 Å². The number of benzene rings is 2. The SMILES string of the molecule is Cc1cc(Oc2ccc(F)c(F)c2)ccc1CBr. The van der Waals surface area contributed by atoms with Gasteiger partial charge in [-0.05, 0) is 42.3 Å². The maximum atomic E-state index is 13.0. The molecule has 94 valence electrons. The van der Waals surface area contributed by atoms with Crippen molar-refractivity contribution in [2.75, 3.05) is 0 Å². The highest BCUT2D eigenvalue weighted by molar-refractivity contribution is 9.08. The van der Waals surface area contributed by atoms with E-state index in [1.54, 1.807) is 6.07 Å². The van der Waals surface area contributed by atoms with E-state index in [0.29, 0.717) is 5.75 Å². The van der Waals surface area contributed by atoms with Crippen LogP contribution in [-0.2, 0) is 5.33 Å². The van der Waals surface area contributed by atoms with E-state index in [1.165, 1.54) is 6.07 Å². The summed E-state index contributed by atoms with van der Waals surface area (Å²) in [6.45, 7) is 1.97. The molecule has 0 aromatic heterocycles. The van der Waals surface area contributed by atoms with Gasteiger partial charge in [-0.1, -0.05) is 22.0 Å². The Labute approximate surface area is 113 Å². The van der Waals surface area contributed by atoms with Crippen molar-refractivity contribution >= 4 is 15.9 Å². The number of ether oxygens (including phenoxy) is 1. The molecule has 0 saturated carbocycles. The number of halogens is 3. The smallest absolute Gasteiger partial charge is 0.162 e. The third kappa shape index (κ3) is 2.88. The Hall–Kier alpha value is -1.42. The third-order valence-corrected chi connectivity index (χ3v) is 3.19. The first-order valence-corrected chi connectivity index (χ1v) is 6.50. The van der Waals surface area contributed by atoms with Crippen LogP contribution >= 0.6 is 15.9 Å². The largest absolute Gasteiger partial charge is 0.457 e. The summed E-state index contributed by atoms with van der Waals surface area (Å²) in [6, 6.07) is 9.06. The van der Waals surface area contributed by atoms with E-state index < -0.39 is 11.6 Å². The van der Waals surface area contributed by atoms with Crippen molar-refractivity contribution < 1.29 is 13.5 Å². The van der Waals surface area contributed by atoms with Crippen molar-refractivity contribution in [1.82, 2.24) is 0 Å². The number of aryl methyl sites for hydroxylation is 1. The van der Waals surface area contributed by atoms with Gasteiger partial charge in [0.15, 0.2) is 11.6 Å². The quantitative estimate of drug-likeness (QED) is 0.728. The van der Waals surface area contributed by atoms with E-state index in [4.69, 9.17) is 4.74 Å². The predicted molar refractivity (Wildman–Crippen MR) is 70.2 cm³/mol. The Morgan fingerprint density at radius 3 is 2.28 bits per heavy atom. The summed E-state index contributed by atoms with van der Waals surface area (Å²) in [5.74, 6) is -0.919. The summed E-state index contributed by atoms with van der Waals surface area (Å²) >= 11 is 3.39. The van der Waals surface area contributed by atoms with Gasteiger partial charge >= 0.3 is 0 Å². The van der Waals surface area contributed by atoms with Crippen LogP contribution in [-0.4, -0.2) is 0 Å². The van der Waals surface area contributed by atoms with Crippen LogP contribution in [0.2, 0.25) is 0 Å². The molecule has 0 aliphatic carbocycles. The van der Waals surface area contributed by atoms with Gasteiger partial charge in [-0.3, -0.25) is 0 Å². The first kappa shape index (κ1) is 13.0. The Kier molecular flexibility index (Phi) is 3.97. The zero-order valence-electron chi connectivity index (χ0n) is 9.71. The minimum absolute atomic E-state index is 0.278. The van der Waals surface area contributed by atoms with Gasteiger partial charge < -0.3 is 4.74 Å². The highest BCUT2D eigenvalue weighted by Crippen LogP contribution is 2.25. The molecule has 0 fully saturated rings. The summed E-state index contributed by atoms with van der Waals surface area (Å²) < 4.78 is 31.3. The van der Waals surface area contributed by atoms with Crippen molar-refractivity contribution in [3.05, 3.63) is 59.2 Å². The average molecular weight is 313 g/mol. The minimum atomic E-state index is -0.915. The Bertz CT molecular complexity index is 570. The maximum Gasteiger partial charge on any atom is 0.162 e. The molecule has 0 unspecified atom stereocenters. The molecule has 4 heteroatoms. The highest BCUT2D eigenvalue weighted by Gasteiger charge is 2.05. The molecular weight excluding hydrogens is 302 g/mol. The molecular formula is C14H11BrF2O. The van der Waals surface area contributed by atoms with E-state index in [0.717, 1.165) is 28.6 Å². The van der Waals surface area contributed by atoms with Crippen LogP contribution in [0.5, 0.6) is 11.5 Å². The second-order valence-electron chi connectivity index (χ2n) is 3.90. The molecule has 0 spiro atoms. The van der Waals surface area contributed by atoms with Gasteiger partial charge in [0.05, 0.1) is 0 Å². The van der Waals surface area contributed by atoms with Crippen LogP contribution in [0.25, 0.3) is 0 Å². The fraction of sp³-hybridized carbons (Fsp3) is 0.143. The molecule has 0 atom stereocenters. The molecule has 2 rings (SSSR count). The molecule has 2 aromatic rings. The van der Waals surface area contributed by atoms with Crippen molar-refractivity contribution in [2.24, 2.45) is 0 Å². The maximum absolute atomic E-state index is 13.0. The van der Waals surface area contributed by atoms with Crippen LogP contribution in [0.1, 0.15) is 11.1 Å². The zero-order valence-corrected chi connectivity index (χ0v) is 11.3. The van der Waals surface area contributed by atoms with Crippen LogP contribution in [0, 0.1) is 18.6 Å². The second-order valence-corrected chi connectivity index (χ2v) is 4.46. The summed E-state index contributed by atoms with van der Waals surface area (Å²) in [5.41, 5.74) is 2.24. The highest BCUT2D eigenvalue weighted by atomic mass is 79.9. The molecule has 0 bridgehead atoms. The number of alkyl halides is 1. The lowest BCUT2D eigenvalue weighted by Gasteiger charge is -2.08. The van der Waals surface area contributed by atoms with Crippen molar-refractivity contribution in [2.45, 2.75) is 12.3 Å². The van der Waals surface area contributed by atoms with Crippen LogP contribution in [0.4, 0.5) is 8.78 Å². The molecule has 0 saturated heterocycles. The van der Waals surface area contributed by atoms with Crippen molar-refractivity contribution in [1.29, 1.82) is 0 Å². The topological polar surface area (TPSA) is 9.23 Å².